The molecule has 0 spiro atoms. The van der Waals surface area contributed by atoms with Crippen LogP contribution in [0.4, 0.5) is 0 Å². The minimum absolute atomic E-state index is 0. The third-order valence-corrected chi connectivity index (χ3v) is 35.5. The van der Waals surface area contributed by atoms with Crippen LogP contribution in [0.2, 0.25) is 36.3 Å². The SMILES string of the molecule is CC[Si](CC)(CC)c1ccc([C](c2ccc([Si](CC)(CC)CC)cc2)=[Hf+2]([C]2=CC=CC2)[CH]2c3ccccc3-c3ccccc32)cc1.[Cl-].[Cl-]. The Morgan fingerprint density at radius 2 is 0.958 bits per heavy atom. The van der Waals surface area contributed by atoms with E-state index in [0.29, 0.717) is 3.67 Å². The molecule has 4 aromatic carbocycles. The molecule has 4 aromatic rings. The molecule has 0 saturated heterocycles. The Hall–Kier alpha value is -1.89. The number of allylic oxidation sites excluding steroid dienone is 4. The summed E-state index contributed by atoms with van der Waals surface area (Å²) in [5.74, 6) is 0. The van der Waals surface area contributed by atoms with E-state index in [2.05, 4.69) is 157 Å². The van der Waals surface area contributed by atoms with Gasteiger partial charge in [-0.1, -0.05) is 0 Å². The second-order valence-electron chi connectivity index (χ2n) is 13.6. The van der Waals surface area contributed by atoms with E-state index in [1.807, 2.05) is 0 Å². The number of fused-ring (bicyclic) bond motifs is 3. The summed E-state index contributed by atoms with van der Waals surface area (Å²) in [6.45, 7) is 14.6. The molecule has 0 unspecified atom stereocenters. The van der Waals surface area contributed by atoms with Crippen molar-refractivity contribution in [1.82, 2.24) is 0 Å². The van der Waals surface area contributed by atoms with Gasteiger partial charge >= 0.3 is 291 Å². The van der Waals surface area contributed by atoms with Crippen molar-refractivity contribution in [2.45, 2.75) is 87.9 Å². The van der Waals surface area contributed by atoms with E-state index in [1.54, 1.807) is 28.1 Å². The first-order valence-corrected chi connectivity index (χ1v) is 28.9. The van der Waals surface area contributed by atoms with Crippen molar-refractivity contribution in [2.24, 2.45) is 0 Å². The summed E-state index contributed by atoms with van der Waals surface area (Å²) in [6.07, 6.45) is 8.37. The van der Waals surface area contributed by atoms with Gasteiger partial charge < -0.3 is 24.8 Å². The second-order valence-corrected chi connectivity index (χ2v) is 33.2. The minimum atomic E-state index is -2.89. The van der Waals surface area contributed by atoms with Crippen molar-refractivity contribution in [2.75, 3.05) is 0 Å². The van der Waals surface area contributed by atoms with Crippen LogP contribution in [-0.4, -0.2) is 19.4 Å². The van der Waals surface area contributed by atoms with Crippen LogP contribution in [0, 0.1) is 0 Å². The molecule has 6 rings (SSSR count). The zero-order valence-electron chi connectivity index (χ0n) is 29.8. The van der Waals surface area contributed by atoms with Gasteiger partial charge in [0.2, 0.25) is 0 Å². The molecular weight excluding hydrogens is 822 g/mol. The quantitative estimate of drug-likeness (QED) is 0.178. The van der Waals surface area contributed by atoms with Gasteiger partial charge in [0.15, 0.2) is 0 Å². The van der Waals surface area contributed by atoms with Crippen molar-refractivity contribution in [3.8, 4) is 11.1 Å². The van der Waals surface area contributed by atoms with Crippen molar-refractivity contribution in [1.29, 1.82) is 0 Å². The molecular formula is C43H52Cl2HfSi2. The maximum Gasteiger partial charge on any atom is -1.00 e. The van der Waals surface area contributed by atoms with Crippen LogP contribution >= 0.6 is 0 Å². The molecule has 250 valence electrons. The van der Waals surface area contributed by atoms with Crippen molar-refractivity contribution in [3.05, 3.63) is 141 Å². The fourth-order valence-electron chi connectivity index (χ4n) is 8.79. The third-order valence-electron chi connectivity index (χ3n) is 12.1. The van der Waals surface area contributed by atoms with Crippen LogP contribution in [-0.2, 0) is 21.0 Å². The number of hydrogen-bond acceptors (Lipinski definition) is 0. The van der Waals surface area contributed by atoms with Gasteiger partial charge in [0, 0.05) is 0 Å². The number of hydrogen-bond donors (Lipinski definition) is 0. The molecule has 0 fully saturated rings. The van der Waals surface area contributed by atoms with Gasteiger partial charge in [0.25, 0.3) is 0 Å². The predicted octanol–water partition coefficient (Wildman–Crippen LogP) is 4.93. The molecule has 5 heteroatoms. The first-order chi connectivity index (χ1) is 22.5. The van der Waals surface area contributed by atoms with Crippen molar-refractivity contribution < 1.29 is 45.8 Å². The van der Waals surface area contributed by atoms with E-state index >= 15 is 0 Å². The van der Waals surface area contributed by atoms with Gasteiger partial charge in [0.05, 0.1) is 0 Å². The van der Waals surface area contributed by atoms with Crippen LogP contribution < -0.4 is 35.2 Å². The molecule has 48 heavy (non-hydrogen) atoms. The Bertz CT molecular complexity index is 1650. The summed E-state index contributed by atoms with van der Waals surface area (Å²) in [5.41, 5.74) is 8.99. The Morgan fingerprint density at radius 1 is 0.562 bits per heavy atom. The summed E-state index contributed by atoms with van der Waals surface area (Å²) in [4.78, 5) is 0. The van der Waals surface area contributed by atoms with E-state index in [1.165, 1.54) is 58.5 Å². The van der Waals surface area contributed by atoms with Gasteiger partial charge in [-0.25, -0.2) is 0 Å². The topological polar surface area (TPSA) is 0 Å². The Morgan fingerprint density at radius 3 is 1.31 bits per heavy atom. The number of rotatable bonds is 12. The zero-order chi connectivity index (χ0) is 32.3. The normalized spacial score (nSPS) is 13.5. The molecule has 2 aliphatic carbocycles. The van der Waals surface area contributed by atoms with Crippen LogP contribution in [0.3, 0.4) is 0 Å². The largest absolute Gasteiger partial charge is 1.00 e. The molecule has 0 N–H and O–H groups in total. The fourth-order valence-corrected chi connectivity index (χ4v) is 29.2. The second kappa shape index (κ2) is 16.9. The molecule has 0 bridgehead atoms. The summed E-state index contributed by atoms with van der Waals surface area (Å²) < 4.78 is 3.93. The average Bonchev–Trinajstić information content (AvgIpc) is 3.77. The molecule has 2 aliphatic rings. The molecule has 0 amide bonds. The van der Waals surface area contributed by atoms with Gasteiger partial charge in [-0.15, -0.1) is 0 Å². The average molecular weight is 874 g/mol. The smallest absolute Gasteiger partial charge is 1.00 e. The van der Waals surface area contributed by atoms with E-state index < -0.39 is 37.1 Å². The van der Waals surface area contributed by atoms with Crippen LogP contribution in [0.15, 0.2) is 119 Å². The Balaban J connectivity index is 0.00000260. The third kappa shape index (κ3) is 6.89. The van der Waals surface area contributed by atoms with E-state index in [0.717, 1.165) is 6.42 Å². The summed E-state index contributed by atoms with van der Waals surface area (Å²) in [5, 5.41) is 3.29. The van der Waals surface area contributed by atoms with Crippen molar-refractivity contribution >= 4 is 29.8 Å². The predicted molar refractivity (Wildman–Crippen MR) is 205 cm³/mol. The molecule has 0 nitrogen and oxygen atoms in total. The van der Waals surface area contributed by atoms with Gasteiger partial charge in [0.1, 0.15) is 0 Å². The maximum atomic E-state index is 2.55. The van der Waals surface area contributed by atoms with Gasteiger partial charge in [-0.05, 0) is 0 Å². The monoisotopic (exact) mass is 874 g/mol. The van der Waals surface area contributed by atoms with Crippen LogP contribution in [0.5, 0.6) is 0 Å². The van der Waals surface area contributed by atoms with E-state index in [4.69, 9.17) is 0 Å². The zero-order valence-corrected chi connectivity index (χ0v) is 36.9. The molecule has 0 aliphatic heterocycles. The van der Waals surface area contributed by atoms with Crippen LogP contribution in [0.25, 0.3) is 11.1 Å². The summed E-state index contributed by atoms with van der Waals surface area (Å²) in [6, 6.07) is 47.0. The fraction of sp³-hybridized carbons (Fsp3) is 0.326. The molecule has 0 heterocycles. The number of benzene rings is 4. The first kappa shape index (κ1) is 38.9. The number of halogens is 2. The van der Waals surface area contributed by atoms with Crippen LogP contribution in [0.1, 0.15) is 73.9 Å². The van der Waals surface area contributed by atoms with Gasteiger partial charge in [-0.3, -0.25) is 0 Å². The molecule has 0 aromatic heterocycles. The molecule has 0 atom stereocenters. The Kier molecular flexibility index (Phi) is 13.7. The standard InChI is InChI=1S/C25H38Si2.C13H9.C5H5.2ClH.Hf/c1-7-26(8-2,9-3)24-17-13-22(14-18-24)21-23-15-19-25(20-16-23)27(10-4,11-5)12-6;1-3-7-12-10(5-1)9-11-6-2-4-8-13(11)12;1-2-4-5-3-1;;;/h13-20H,7-12H2,1-6H3;1-9H;1-3H,4H2;2*1H;/q;;;;;+2/p-2. The molecule has 0 radical (unpaired) electrons. The summed E-state index contributed by atoms with van der Waals surface area (Å²) >= 11 is -2.89. The van der Waals surface area contributed by atoms with E-state index in [-0.39, 0.29) is 24.8 Å². The summed E-state index contributed by atoms with van der Waals surface area (Å²) in [7, 11) is -2.91. The molecule has 0 saturated carbocycles. The van der Waals surface area contributed by atoms with E-state index in [9.17, 15) is 0 Å². The van der Waals surface area contributed by atoms with Gasteiger partial charge in [-0.2, -0.15) is 0 Å². The minimum Gasteiger partial charge on any atom is -1.00 e. The Labute approximate surface area is 313 Å². The first-order valence-electron chi connectivity index (χ1n) is 18.0. The van der Waals surface area contributed by atoms with Crippen molar-refractivity contribution in [3.63, 3.8) is 0 Å². The maximum absolute atomic E-state index is 2.89.